The van der Waals surface area contributed by atoms with E-state index in [0.717, 1.165) is 19.3 Å². The van der Waals surface area contributed by atoms with Crippen LogP contribution in [-0.2, 0) is 19.2 Å². The van der Waals surface area contributed by atoms with Gasteiger partial charge in [0.2, 0.25) is 17.7 Å². The highest BCUT2D eigenvalue weighted by Gasteiger charge is 2.59. The molecular formula is C16H26N4O4. The maximum absolute atomic E-state index is 12.9. The molecule has 2 unspecified atom stereocenters. The Hall–Kier alpha value is -2.12. The summed E-state index contributed by atoms with van der Waals surface area (Å²) in [6, 6.07) is -0.847. The second kappa shape index (κ2) is 7.19. The van der Waals surface area contributed by atoms with Crippen molar-refractivity contribution >= 4 is 23.6 Å². The monoisotopic (exact) mass is 338 g/mol. The maximum Gasteiger partial charge on any atom is 0.251 e. The van der Waals surface area contributed by atoms with Gasteiger partial charge >= 0.3 is 0 Å². The number of amides is 4. The number of nitrogens with two attached hydrogens (primary N) is 2. The molecule has 0 saturated carbocycles. The van der Waals surface area contributed by atoms with Crippen LogP contribution in [0.3, 0.4) is 0 Å². The van der Waals surface area contributed by atoms with E-state index in [1.54, 1.807) is 4.90 Å². The largest absolute Gasteiger partial charge is 0.370 e. The van der Waals surface area contributed by atoms with Gasteiger partial charge in [-0.1, -0.05) is 6.92 Å². The summed E-state index contributed by atoms with van der Waals surface area (Å²) in [5, 5.41) is 0. The number of primary amides is 2. The first-order valence-electron chi connectivity index (χ1n) is 8.52. The van der Waals surface area contributed by atoms with E-state index in [1.165, 1.54) is 4.90 Å². The number of carbonyl (C=O) groups excluding carboxylic acids is 4. The Morgan fingerprint density at radius 3 is 2.46 bits per heavy atom. The fourth-order valence-electron chi connectivity index (χ4n) is 3.72. The van der Waals surface area contributed by atoms with E-state index < -0.39 is 23.4 Å². The number of hydrogen-bond acceptors (Lipinski definition) is 4. The van der Waals surface area contributed by atoms with Gasteiger partial charge in [0.1, 0.15) is 11.6 Å². The van der Waals surface area contributed by atoms with Crippen LogP contribution in [0.25, 0.3) is 0 Å². The number of nitrogens with zero attached hydrogens (tertiary/aromatic N) is 2. The third-order valence-corrected chi connectivity index (χ3v) is 4.96. The lowest BCUT2D eigenvalue weighted by atomic mass is 9.77. The number of hydrogen-bond donors (Lipinski definition) is 2. The average Bonchev–Trinajstić information content (AvgIpc) is 2.53. The maximum atomic E-state index is 12.9. The molecule has 8 heteroatoms. The molecule has 0 radical (unpaired) electrons. The second-order valence-electron chi connectivity index (χ2n) is 6.64. The van der Waals surface area contributed by atoms with Crippen LogP contribution in [0, 0.1) is 0 Å². The molecule has 1 spiro atoms. The SMILES string of the molecule is CCCC(=O)N1CCCCC12CN(C(CCC(N)=O)C(N)=O)C2=O. The molecule has 0 aromatic carbocycles. The highest BCUT2D eigenvalue weighted by Crippen LogP contribution is 2.39. The van der Waals surface area contributed by atoms with Crippen LogP contribution in [0.15, 0.2) is 0 Å². The first-order chi connectivity index (χ1) is 11.3. The van der Waals surface area contributed by atoms with Crippen molar-refractivity contribution in [3.63, 3.8) is 0 Å². The minimum atomic E-state index is -0.847. The van der Waals surface area contributed by atoms with Gasteiger partial charge in [-0.15, -0.1) is 0 Å². The first kappa shape index (κ1) is 18.2. The Balaban J connectivity index is 2.13. The summed E-state index contributed by atoms with van der Waals surface area (Å²) in [5.74, 6) is -1.44. The molecule has 2 rings (SSSR count). The van der Waals surface area contributed by atoms with Crippen molar-refractivity contribution in [2.24, 2.45) is 11.5 Å². The van der Waals surface area contributed by atoms with E-state index >= 15 is 0 Å². The van der Waals surface area contributed by atoms with Gasteiger partial charge in [-0.05, 0) is 32.1 Å². The molecule has 134 valence electrons. The van der Waals surface area contributed by atoms with Crippen molar-refractivity contribution in [3.05, 3.63) is 0 Å². The number of piperidine rings is 1. The molecule has 2 heterocycles. The molecule has 24 heavy (non-hydrogen) atoms. The second-order valence-corrected chi connectivity index (χ2v) is 6.64. The zero-order valence-corrected chi connectivity index (χ0v) is 14.1. The van der Waals surface area contributed by atoms with Gasteiger partial charge in [0.25, 0.3) is 5.91 Å². The molecule has 0 aliphatic carbocycles. The van der Waals surface area contributed by atoms with Gasteiger partial charge < -0.3 is 21.3 Å². The van der Waals surface area contributed by atoms with Gasteiger partial charge in [0.15, 0.2) is 0 Å². The summed E-state index contributed by atoms with van der Waals surface area (Å²) in [6.45, 7) is 2.80. The number of rotatable bonds is 7. The minimum Gasteiger partial charge on any atom is -0.370 e. The van der Waals surface area contributed by atoms with E-state index in [1.807, 2.05) is 6.92 Å². The molecule has 2 aliphatic heterocycles. The fraction of sp³-hybridized carbons (Fsp3) is 0.750. The molecular weight excluding hydrogens is 312 g/mol. The van der Waals surface area contributed by atoms with Gasteiger partial charge in [0.05, 0.1) is 6.54 Å². The summed E-state index contributed by atoms with van der Waals surface area (Å²) >= 11 is 0. The third kappa shape index (κ3) is 3.22. The number of β-lactam (4-membered cyclic amide) rings is 1. The van der Waals surface area contributed by atoms with E-state index in [2.05, 4.69) is 0 Å². The molecule has 2 fully saturated rings. The topological polar surface area (TPSA) is 127 Å². The molecule has 0 aromatic heterocycles. The Kier molecular flexibility index (Phi) is 5.46. The van der Waals surface area contributed by atoms with E-state index in [-0.39, 0.29) is 24.7 Å². The molecule has 2 atom stereocenters. The molecule has 4 amide bonds. The van der Waals surface area contributed by atoms with Crippen molar-refractivity contribution < 1.29 is 19.2 Å². The minimum absolute atomic E-state index is 0.0110. The van der Waals surface area contributed by atoms with Crippen LogP contribution in [0.5, 0.6) is 0 Å². The first-order valence-corrected chi connectivity index (χ1v) is 8.52. The summed E-state index contributed by atoms with van der Waals surface area (Å²) in [5.41, 5.74) is 9.68. The van der Waals surface area contributed by atoms with Crippen LogP contribution in [0.4, 0.5) is 0 Å². The predicted octanol–water partition coefficient (Wildman–Crippen LogP) is -0.501. The third-order valence-electron chi connectivity index (χ3n) is 4.96. The number of carbonyl (C=O) groups is 4. The van der Waals surface area contributed by atoms with Crippen LogP contribution < -0.4 is 11.5 Å². The average molecular weight is 338 g/mol. The van der Waals surface area contributed by atoms with Crippen molar-refractivity contribution in [1.29, 1.82) is 0 Å². The summed E-state index contributed by atoms with van der Waals surface area (Å²) in [6.07, 6.45) is 3.61. The van der Waals surface area contributed by atoms with Gasteiger partial charge in [-0.3, -0.25) is 19.2 Å². The molecule has 2 aliphatic rings. The van der Waals surface area contributed by atoms with Gasteiger partial charge in [-0.25, -0.2) is 0 Å². The Morgan fingerprint density at radius 2 is 1.92 bits per heavy atom. The molecule has 8 nitrogen and oxygen atoms in total. The van der Waals surface area contributed by atoms with Crippen LogP contribution in [0.2, 0.25) is 0 Å². The lowest BCUT2D eigenvalue weighted by Crippen LogP contribution is -2.78. The van der Waals surface area contributed by atoms with Crippen molar-refractivity contribution in [1.82, 2.24) is 9.80 Å². The molecule has 2 saturated heterocycles. The van der Waals surface area contributed by atoms with Crippen molar-refractivity contribution in [2.45, 2.75) is 63.5 Å². The molecule has 4 N–H and O–H groups in total. The normalized spacial score (nSPS) is 24.6. The van der Waals surface area contributed by atoms with E-state index in [9.17, 15) is 19.2 Å². The quantitative estimate of drug-likeness (QED) is 0.607. The predicted molar refractivity (Wildman–Crippen MR) is 86.3 cm³/mol. The van der Waals surface area contributed by atoms with Crippen LogP contribution in [0.1, 0.15) is 51.9 Å². The van der Waals surface area contributed by atoms with Crippen LogP contribution in [-0.4, -0.2) is 58.1 Å². The zero-order chi connectivity index (χ0) is 17.9. The van der Waals surface area contributed by atoms with Crippen molar-refractivity contribution in [2.75, 3.05) is 13.1 Å². The highest BCUT2D eigenvalue weighted by atomic mass is 16.2. The Bertz CT molecular complexity index is 550. The molecule has 0 aromatic rings. The summed E-state index contributed by atoms with van der Waals surface area (Å²) in [4.78, 5) is 50.9. The van der Waals surface area contributed by atoms with Gasteiger partial charge in [-0.2, -0.15) is 0 Å². The Labute approximate surface area is 141 Å². The number of likely N-dealkylation sites (tertiary alicyclic amines) is 2. The Morgan fingerprint density at radius 1 is 1.21 bits per heavy atom. The fourth-order valence-corrected chi connectivity index (χ4v) is 3.72. The summed E-state index contributed by atoms with van der Waals surface area (Å²) in [7, 11) is 0. The van der Waals surface area contributed by atoms with E-state index in [0.29, 0.717) is 25.9 Å². The highest BCUT2D eigenvalue weighted by molar-refractivity contribution is 6.00. The molecule has 0 bridgehead atoms. The smallest absolute Gasteiger partial charge is 0.251 e. The van der Waals surface area contributed by atoms with Crippen molar-refractivity contribution in [3.8, 4) is 0 Å². The standard InChI is InChI=1S/C16H26N4O4/c1-2-5-13(22)20-9-4-3-8-16(20)10-19(15(16)24)11(14(18)23)6-7-12(17)21/h11H,2-10H2,1H3,(H2,17,21)(H2,18,23). The lowest BCUT2D eigenvalue weighted by molar-refractivity contribution is -0.180. The van der Waals surface area contributed by atoms with E-state index in [4.69, 9.17) is 11.5 Å². The lowest BCUT2D eigenvalue weighted by Gasteiger charge is -2.57. The van der Waals surface area contributed by atoms with Gasteiger partial charge in [0, 0.05) is 19.4 Å². The van der Waals surface area contributed by atoms with Crippen LogP contribution >= 0.6 is 0 Å². The zero-order valence-electron chi connectivity index (χ0n) is 14.1. The summed E-state index contributed by atoms with van der Waals surface area (Å²) < 4.78 is 0.